The first kappa shape index (κ1) is 14.2. The van der Waals surface area contributed by atoms with E-state index in [2.05, 4.69) is 0 Å². The molecule has 0 amide bonds. The Bertz CT molecular complexity index is 582. The number of nitro benzene ring substituents is 1. The molecule has 1 aromatic carbocycles. The Kier molecular flexibility index (Phi) is 3.11. The van der Waals surface area contributed by atoms with Crippen LogP contribution in [0.25, 0.3) is 0 Å². The fourth-order valence-corrected chi connectivity index (χ4v) is 3.11. The predicted molar refractivity (Wildman–Crippen MR) is 71.2 cm³/mol. The van der Waals surface area contributed by atoms with Gasteiger partial charge < -0.3 is 4.90 Å². The second-order valence-corrected chi connectivity index (χ2v) is 5.98. The molecule has 0 radical (unpaired) electrons. The molecule has 0 atom stereocenters. The molecular formula is C14H15F3N2O2. The van der Waals surface area contributed by atoms with Crippen LogP contribution in [0.4, 0.5) is 24.5 Å². The lowest BCUT2D eigenvalue weighted by molar-refractivity contribution is -0.384. The lowest BCUT2D eigenvalue weighted by Gasteiger charge is -2.34. The second kappa shape index (κ2) is 4.61. The van der Waals surface area contributed by atoms with Gasteiger partial charge in [-0.3, -0.25) is 10.1 Å². The third-order valence-corrected chi connectivity index (χ3v) is 4.46. The van der Waals surface area contributed by atoms with Gasteiger partial charge in [0, 0.05) is 19.2 Å². The van der Waals surface area contributed by atoms with E-state index < -0.39 is 22.4 Å². The van der Waals surface area contributed by atoms with Gasteiger partial charge in [0.15, 0.2) is 0 Å². The van der Waals surface area contributed by atoms with Crippen LogP contribution >= 0.6 is 0 Å². The van der Waals surface area contributed by atoms with Crippen LogP contribution < -0.4 is 4.90 Å². The van der Waals surface area contributed by atoms with Gasteiger partial charge >= 0.3 is 6.18 Å². The minimum absolute atomic E-state index is 0.245. The summed E-state index contributed by atoms with van der Waals surface area (Å²) in [4.78, 5) is 12.3. The van der Waals surface area contributed by atoms with Crippen molar-refractivity contribution in [2.24, 2.45) is 5.41 Å². The highest BCUT2D eigenvalue weighted by Gasteiger charge is 2.46. The van der Waals surface area contributed by atoms with Gasteiger partial charge in [-0.2, -0.15) is 13.2 Å². The van der Waals surface area contributed by atoms with E-state index in [0.717, 1.165) is 31.7 Å². The number of anilines is 1. The first-order chi connectivity index (χ1) is 9.81. The van der Waals surface area contributed by atoms with Crippen molar-refractivity contribution in [3.8, 4) is 0 Å². The van der Waals surface area contributed by atoms with Crippen LogP contribution in [0, 0.1) is 15.5 Å². The molecule has 7 heteroatoms. The predicted octanol–water partition coefficient (Wildman–Crippen LogP) is 3.99. The molecule has 0 aromatic heterocycles. The number of alkyl halides is 3. The molecule has 0 unspecified atom stereocenters. The highest BCUT2D eigenvalue weighted by Crippen LogP contribution is 2.53. The molecule has 1 heterocycles. The van der Waals surface area contributed by atoms with Crippen molar-refractivity contribution in [1.29, 1.82) is 0 Å². The molecule has 0 N–H and O–H groups in total. The zero-order chi connectivity index (χ0) is 15.3. The molecule has 114 valence electrons. The highest BCUT2D eigenvalue weighted by molar-refractivity contribution is 5.65. The molecule has 1 saturated carbocycles. The minimum atomic E-state index is -4.57. The first-order valence-electron chi connectivity index (χ1n) is 6.91. The molecule has 2 fully saturated rings. The van der Waals surface area contributed by atoms with Gasteiger partial charge in [-0.15, -0.1) is 0 Å². The Morgan fingerprint density at radius 2 is 1.95 bits per heavy atom. The second-order valence-electron chi connectivity index (χ2n) is 5.98. The minimum Gasteiger partial charge on any atom is -0.365 e. The van der Waals surface area contributed by atoms with Gasteiger partial charge in [-0.1, -0.05) is 0 Å². The molecule has 1 spiro atoms. The Labute approximate surface area is 119 Å². The third-order valence-electron chi connectivity index (χ3n) is 4.46. The summed E-state index contributed by atoms with van der Waals surface area (Å²) in [6, 6.07) is 2.81. The van der Waals surface area contributed by atoms with E-state index in [4.69, 9.17) is 0 Å². The molecule has 0 bridgehead atoms. The monoisotopic (exact) mass is 300 g/mol. The Morgan fingerprint density at radius 3 is 2.52 bits per heavy atom. The third kappa shape index (κ3) is 2.69. The zero-order valence-corrected chi connectivity index (χ0v) is 11.3. The molecular weight excluding hydrogens is 285 g/mol. The molecule has 1 saturated heterocycles. The number of nitro groups is 1. The van der Waals surface area contributed by atoms with Crippen LogP contribution in [0.1, 0.15) is 31.2 Å². The average Bonchev–Trinajstić information content (AvgIpc) is 3.16. The van der Waals surface area contributed by atoms with Crippen LogP contribution in [0.5, 0.6) is 0 Å². The zero-order valence-electron chi connectivity index (χ0n) is 11.3. The van der Waals surface area contributed by atoms with Gasteiger partial charge in [0.25, 0.3) is 5.69 Å². The van der Waals surface area contributed by atoms with Gasteiger partial charge in [-0.25, -0.2) is 0 Å². The maximum atomic E-state index is 12.7. The maximum absolute atomic E-state index is 12.7. The van der Waals surface area contributed by atoms with Crippen LogP contribution in [0.2, 0.25) is 0 Å². The average molecular weight is 300 g/mol. The van der Waals surface area contributed by atoms with E-state index in [9.17, 15) is 23.3 Å². The first-order valence-corrected chi connectivity index (χ1v) is 6.91. The van der Waals surface area contributed by atoms with Crippen LogP contribution in [0.3, 0.4) is 0 Å². The molecule has 1 aliphatic heterocycles. The summed E-state index contributed by atoms with van der Waals surface area (Å²) in [6.07, 6.45) is -0.311. The van der Waals surface area contributed by atoms with Crippen molar-refractivity contribution in [1.82, 2.24) is 0 Å². The van der Waals surface area contributed by atoms with Crippen LogP contribution in [-0.4, -0.2) is 18.0 Å². The van der Waals surface area contributed by atoms with E-state index in [1.165, 1.54) is 6.07 Å². The van der Waals surface area contributed by atoms with E-state index in [1.807, 2.05) is 4.90 Å². The van der Waals surface area contributed by atoms with Gasteiger partial charge in [0.2, 0.25) is 0 Å². The molecule has 21 heavy (non-hydrogen) atoms. The van der Waals surface area contributed by atoms with Crippen molar-refractivity contribution >= 4 is 11.4 Å². The fourth-order valence-electron chi connectivity index (χ4n) is 3.11. The van der Waals surface area contributed by atoms with Gasteiger partial charge in [0.1, 0.15) is 5.69 Å². The molecule has 1 aliphatic carbocycles. The van der Waals surface area contributed by atoms with E-state index in [-0.39, 0.29) is 5.41 Å². The summed E-state index contributed by atoms with van der Waals surface area (Å²) in [6.45, 7) is 1.37. The van der Waals surface area contributed by atoms with Crippen molar-refractivity contribution in [2.75, 3.05) is 18.0 Å². The maximum Gasteiger partial charge on any atom is 0.416 e. The van der Waals surface area contributed by atoms with Crippen molar-refractivity contribution in [3.05, 3.63) is 33.9 Å². The number of rotatable bonds is 2. The van der Waals surface area contributed by atoms with E-state index in [0.29, 0.717) is 24.8 Å². The summed E-state index contributed by atoms with van der Waals surface area (Å²) in [5.74, 6) is 0. The number of nitrogens with zero attached hydrogens (tertiary/aromatic N) is 2. The van der Waals surface area contributed by atoms with Crippen molar-refractivity contribution in [2.45, 2.75) is 31.9 Å². The lowest BCUT2D eigenvalue weighted by atomic mass is 9.94. The normalized spacial score (nSPS) is 20.6. The molecule has 4 nitrogen and oxygen atoms in total. The lowest BCUT2D eigenvalue weighted by Crippen LogP contribution is -2.36. The summed E-state index contributed by atoms with van der Waals surface area (Å²) in [5.41, 5.74) is -0.882. The van der Waals surface area contributed by atoms with Crippen molar-refractivity contribution in [3.63, 3.8) is 0 Å². The molecule has 1 aromatic rings. The van der Waals surface area contributed by atoms with Crippen LogP contribution in [0.15, 0.2) is 18.2 Å². The molecule has 3 rings (SSSR count). The quantitative estimate of drug-likeness (QED) is 0.613. The summed E-state index contributed by atoms with van der Waals surface area (Å²) < 4.78 is 38.1. The number of halogens is 3. The summed E-state index contributed by atoms with van der Waals surface area (Å²) >= 11 is 0. The number of hydrogen-bond acceptors (Lipinski definition) is 3. The highest BCUT2D eigenvalue weighted by atomic mass is 19.4. The van der Waals surface area contributed by atoms with E-state index in [1.54, 1.807) is 0 Å². The largest absolute Gasteiger partial charge is 0.416 e. The van der Waals surface area contributed by atoms with Crippen LogP contribution in [-0.2, 0) is 6.18 Å². The topological polar surface area (TPSA) is 46.4 Å². The number of benzene rings is 1. The SMILES string of the molecule is O=[N+]([O-])c1cc(C(F)(F)F)ccc1N1CCCC2(CC2)C1. The Balaban J connectivity index is 1.96. The summed E-state index contributed by atoms with van der Waals surface area (Å²) in [5, 5.41) is 11.1. The van der Waals surface area contributed by atoms with Crippen molar-refractivity contribution < 1.29 is 18.1 Å². The Hall–Kier alpha value is -1.79. The van der Waals surface area contributed by atoms with E-state index >= 15 is 0 Å². The van der Waals surface area contributed by atoms with Gasteiger partial charge in [0.05, 0.1) is 10.5 Å². The Morgan fingerprint density at radius 1 is 1.24 bits per heavy atom. The molecule has 2 aliphatic rings. The standard InChI is InChI=1S/C14H15F3N2O2/c15-14(16,17)10-2-3-11(12(8-10)19(20)21)18-7-1-4-13(9-18)5-6-13/h2-3,8H,1,4-7,9H2. The number of piperidine rings is 1. The summed E-state index contributed by atoms with van der Waals surface area (Å²) in [7, 11) is 0. The fraction of sp³-hybridized carbons (Fsp3) is 0.571. The number of hydrogen-bond donors (Lipinski definition) is 0. The van der Waals surface area contributed by atoms with Gasteiger partial charge in [-0.05, 0) is 43.2 Å². The smallest absolute Gasteiger partial charge is 0.365 e.